The van der Waals surface area contributed by atoms with E-state index in [1.54, 1.807) is 0 Å². The van der Waals surface area contributed by atoms with Crippen molar-refractivity contribution in [2.24, 2.45) is 0 Å². The van der Waals surface area contributed by atoms with Crippen LogP contribution in [0.1, 0.15) is 37.7 Å². The lowest BCUT2D eigenvalue weighted by molar-refractivity contribution is 0.379. The zero-order valence-corrected chi connectivity index (χ0v) is 13.3. The molecule has 1 aliphatic rings. The van der Waals surface area contributed by atoms with Gasteiger partial charge in [-0.2, -0.15) is 11.8 Å². The van der Waals surface area contributed by atoms with Crippen LogP contribution in [-0.2, 0) is 6.54 Å². The molecule has 0 unspecified atom stereocenters. The fourth-order valence-electron chi connectivity index (χ4n) is 2.64. The Labute approximate surface area is 122 Å². The van der Waals surface area contributed by atoms with Crippen LogP contribution in [-0.4, -0.2) is 22.5 Å². The molecule has 1 aromatic rings. The molecule has 0 atom stereocenters. The summed E-state index contributed by atoms with van der Waals surface area (Å²) in [5.41, 5.74) is 1.25. The molecule has 0 aliphatic heterocycles. The predicted molar refractivity (Wildman–Crippen MR) is 83.0 cm³/mol. The third-order valence-corrected chi connectivity index (χ3v) is 5.59. The molecular weight excluding hydrogens is 308 g/mol. The van der Waals surface area contributed by atoms with Crippen molar-refractivity contribution in [3.8, 4) is 0 Å². The molecule has 1 saturated carbocycles. The molecule has 2 nitrogen and oxygen atoms in total. The van der Waals surface area contributed by atoms with Gasteiger partial charge < -0.3 is 5.32 Å². The molecule has 0 spiro atoms. The number of nitrogens with one attached hydrogen (secondary N) is 1. The first-order valence-electron chi connectivity index (χ1n) is 6.59. The van der Waals surface area contributed by atoms with Gasteiger partial charge in [0.15, 0.2) is 0 Å². The van der Waals surface area contributed by atoms with Crippen LogP contribution in [0.2, 0.25) is 0 Å². The Bertz CT molecular complexity index is 378. The molecule has 1 N–H and O–H groups in total. The molecule has 0 saturated heterocycles. The maximum Gasteiger partial charge on any atom is 0.0410 e. The number of halogens is 1. The lowest BCUT2D eigenvalue weighted by Gasteiger charge is -2.36. The molecule has 4 heteroatoms. The number of rotatable bonds is 5. The van der Waals surface area contributed by atoms with Crippen molar-refractivity contribution in [3.05, 3.63) is 28.5 Å². The third-order valence-electron chi connectivity index (χ3n) is 3.74. The highest BCUT2D eigenvalue weighted by molar-refractivity contribution is 9.10. The lowest BCUT2D eigenvalue weighted by Crippen LogP contribution is -2.39. The van der Waals surface area contributed by atoms with Crippen LogP contribution in [0.4, 0.5) is 0 Å². The van der Waals surface area contributed by atoms with Crippen molar-refractivity contribution in [3.63, 3.8) is 0 Å². The summed E-state index contributed by atoms with van der Waals surface area (Å²) in [7, 11) is 0. The Kier molecular flexibility index (Phi) is 5.52. The molecule has 2 rings (SSSR count). The molecule has 100 valence electrons. The van der Waals surface area contributed by atoms with Crippen LogP contribution in [0.3, 0.4) is 0 Å². The van der Waals surface area contributed by atoms with Crippen molar-refractivity contribution in [2.45, 2.75) is 43.4 Å². The second kappa shape index (κ2) is 6.92. The van der Waals surface area contributed by atoms with E-state index in [9.17, 15) is 0 Å². The van der Waals surface area contributed by atoms with Gasteiger partial charge in [0.05, 0.1) is 0 Å². The van der Waals surface area contributed by atoms with Gasteiger partial charge in [-0.3, -0.25) is 4.98 Å². The Morgan fingerprint density at radius 1 is 1.33 bits per heavy atom. The zero-order chi connectivity index (χ0) is 12.8. The van der Waals surface area contributed by atoms with Gasteiger partial charge in [-0.15, -0.1) is 0 Å². The summed E-state index contributed by atoms with van der Waals surface area (Å²) >= 11 is 5.50. The minimum Gasteiger partial charge on any atom is -0.311 e. The van der Waals surface area contributed by atoms with Crippen molar-refractivity contribution >= 4 is 27.7 Å². The Morgan fingerprint density at radius 3 is 2.78 bits per heavy atom. The largest absolute Gasteiger partial charge is 0.311 e. The number of hydrogen-bond acceptors (Lipinski definition) is 3. The molecule has 0 bridgehead atoms. The summed E-state index contributed by atoms with van der Waals surface area (Å²) in [5, 5.41) is 3.61. The van der Waals surface area contributed by atoms with E-state index in [1.807, 2.05) is 24.2 Å². The molecule has 0 aromatic carbocycles. The summed E-state index contributed by atoms with van der Waals surface area (Å²) in [5.74, 6) is 0. The SMILES string of the molecule is CSC1(CNCc2cncc(Br)c2)CCCCC1. The van der Waals surface area contributed by atoms with Gasteiger partial charge in [0, 0.05) is 34.7 Å². The summed E-state index contributed by atoms with van der Waals surface area (Å²) in [6, 6.07) is 2.13. The monoisotopic (exact) mass is 328 g/mol. The van der Waals surface area contributed by atoms with E-state index in [0.29, 0.717) is 4.75 Å². The van der Waals surface area contributed by atoms with E-state index in [2.05, 4.69) is 38.6 Å². The number of nitrogens with zero attached hydrogens (tertiary/aromatic N) is 1. The lowest BCUT2D eigenvalue weighted by atomic mass is 9.88. The van der Waals surface area contributed by atoms with Gasteiger partial charge in [-0.1, -0.05) is 19.3 Å². The molecular formula is C14H21BrN2S. The number of thioether (sulfide) groups is 1. The minimum atomic E-state index is 0.470. The van der Waals surface area contributed by atoms with E-state index in [0.717, 1.165) is 17.6 Å². The Hall–Kier alpha value is -0.0600. The Morgan fingerprint density at radius 2 is 2.11 bits per heavy atom. The second-order valence-electron chi connectivity index (χ2n) is 5.06. The van der Waals surface area contributed by atoms with Gasteiger partial charge in [0.2, 0.25) is 0 Å². The van der Waals surface area contributed by atoms with Crippen LogP contribution in [0.15, 0.2) is 22.9 Å². The van der Waals surface area contributed by atoms with E-state index in [-0.39, 0.29) is 0 Å². The smallest absolute Gasteiger partial charge is 0.0410 e. The van der Waals surface area contributed by atoms with E-state index in [1.165, 1.54) is 37.7 Å². The first kappa shape index (κ1) is 14.4. The van der Waals surface area contributed by atoms with Crippen molar-refractivity contribution < 1.29 is 0 Å². The summed E-state index contributed by atoms with van der Waals surface area (Å²) in [6.45, 7) is 2.02. The normalized spacial score (nSPS) is 18.8. The average molecular weight is 329 g/mol. The topological polar surface area (TPSA) is 24.9 Å². The summed E-state index contributed by atoms with van der Waals surface area (Å²) < 4.78 is 1.52. The standard InChI is InChI=1S/C14H21BrN2S/c1-18-14(5-3-2-4-6-14)11-17-9-12-7-13(15)10-16-8-12/h7-8,10,17H,2-6,9,11H2,1H3. The van der Waals surface area contributed by atoms with Crippen LogP contribution >= 0.6 is 27.7 Å². The molecule has 1 aromatic heterocycles. The third kappa shape index (κ3) is 3.97. The molecule has 18 heavy (non-hydrogen) atoms. The van der Waals surface area contributed by atoms with Crippen molar-refractivity contribution in [2.75, 3.05) is 12.8 Å². The van der Waals surface area contributed by atoms with E-state index in [4.69, 9.17) is 0 Å². The first-order valence-corrected chi connectivity index (χ1v) is 8.61. The van der Waals surface area contributed by atoms with Crippen LogP contribution in [0, 0.1) is 0 Å². The second-order valence-corrected chi connectivity index (χ2v) is 7.25. The highest BCUT2D eigenvalue weighted by atomic mass is 79.9. The maximum absolute atomic E-state index is 4.20. The van der Waals surface area contributed by atoms with Gasteiger partial charge in [-0.25, -0.2) is 0 Å². The predicted octanol–water partition coefficient (Wildman–Crippen LogP) is 4.00. The minimum absolute atomic E-state index is 0.470. The summed E-state index contributed by atoms with van der Waals surface area (Å²) in [6.07, 6.45) is 12.9. The Balaban J connectivity index is 1.83. The van der Waals surface area contributed by atoms with Crippen molar-refractivity contribution in [1.82, 2.24) is 10.3 Å². The molecule has 1 fully saturated rings. The van der Waals surface area contributed by atoms with Crippen LogP contribution in [0.25, 0.3) is 0 Å². The van der Waals surface area contributed by atoms with Gasteiger partial charge in [-0.05, 0) is 46.7 Å². The zero-order valence-electron chi connectivity index (χ0n) is 10.9. The number of pyridine rings is 1. The quantitative estimate of drug-likeness (QED) is 0.884. The first-order chi connectivity index (χ1) is 8.74. The highest BCUT2D eigenvalue weighted by Gasteiger charge is 2.30. The van der Waals surface area contributed by atoms with Gasteiger partial charge >= 0.3 is 0 Å². The maximum atomic E-state index is 4.20. The summed E-state index contributed by atoms with van der Waals surface area (Å²) in [4.78, 5) is 4.20. The highest BCUT2D eigenvalue weighted by Crippen LogP contribution is 2.37. The average Bonchev–Trinajstić information content (AvgIpc) is 2.40. The molecule has 0 amide bonds. The number of hydrogen-bond donors (Lipinski definition) is 1. The van der Waals surface area contributed by atoms with E-state index < -0.39 is 0 Å². The molecule has 0 radical (unpaired) electrons. The fraction of sp³-hybridized carbons (Fsp3) is 0.643. The molecule has 1 aliphatic carbocycles. The molecule has 1 heterocycles. The van der Waals surface area contributed by atoms with Crippen LogP contribution < -0.4 is 5.32 Å². The number of aromatic nitrogens is 1. The fourth-order valence-corrected chi connectivity index (χ4v) is 3.99. The van der Waals surface area contributed by atoms with E-state index >= 15 is 0 Å². The van der Waals surface area contributed by atoms with Gasteiger partial charge in [0.1, 0.15) is 0 Å². The van der Waals surface area contributed by atoms with Gasteiger partial charge in [0.25, 0.3) is 0 Å². The van der Waals surface area contributed by atoms with Crippen LogP contribution in [0.5, 0.6) is 0 Å². The van der Waals surface area contributed by atoms with Crippen molar-refractivity contribution in [1.29, 1.82) is 0 Å².